The van der Waals surface area contributed by atoms with Crippen LogP contribution in [0.5, 0.6) is 5.75 Å². The molecule has 0 unspecified atom stereocenters. The summed E-state index contributed by atoms with van der Waals surface area (Å²) in [5.41, 5.74) is 3.88. The van der Waals surface area contributed by atoms with E-state index in [9.17, 15) is 0 Å². The van der Waals surface area contributed by atoms with Crippen LogP contribution in [0.15, 0.2) is 33.5 Å². The Kier molecular flexibility index (Phi) is 2.76. The third-order valence-corrected chi connectivity index (χ3v) is 4.69. The number of rotatable bonds is 3. The quantitative estimate of drug-likeness (QED) is 0.736. The fraction of sp³-hybridized carbons (Fsp3) is 0.353. The molecule has 0 N–H and O–H groups in total. The lowest BCUT2D eigenvalue weighted by molar-refractivity contribution is 0.357. The predicted molar refractivity (Wildman–Crippen MR) is 81.0 cm³/mol. The van der Waals surface area contributed by atoms with Gasteiger partial charge in [-0.15, -0.1) is 0 Å². The summed E-state index contributed by atoms with van der Waals surface area (Å²) < 4.78 is 16.1. The van der Waals surface area contributed by atoms with Gasteiger partial charge in [-0.3, -0.25) is 0 Å². The Morgan fingerprint density at radius 3 is 2.96 bits per heavy atom. The molecule has 0 bridgehead atoms. The Bertz CT molecular complexity index is 864. The molecule has 1 fully saturated rings. The molecule has 6 nitrogen and oxygen atoms in total. The third-order valence-electron chi connectivity index (χ3n) is 4.69. The molecule has 0 spiro atoms. The molecule has 1 aliphatic carbocycles. The van der Waals surface area contributed by atoms with E-state index in [0.717, 1.165) is 48.4 Å². The standard InChI is InChI=1S/C17H15N3O3/c1-2-10(3-1)15-13(9-22-19-15)17-18-16(20-23-17)12-4-5-14-11(8-12)6-7-21-14/h4-5,8-10H,1-3,6-7H2. The van der Waals surface area contributed by atoms with Crippen molar-refractivity contribution in [2.24, 2.45) is 0 Å². The number of ether oxygens (including phenoxy) is 1. The summed E-state index contributed by atoms with van der Waals surface area (Å²) in [5, 5.41) is 8.24. The van der Waals surface area contributed by atoms with Gasteiger partial charge in [0.05, 0.1) is 12.3 Å². The second-order valence-electron chi connectivity index (χ2n) is 6.09. The minimum absolute atomic E-state index is 0.455. The molecule has 116 valence electrons. The molecule has 1 aromatic carbocycles. The Labute approximate surface area is 132 Å². The molecule has 0 atom stereocenters. The molecule has 1 aliphatic heterocycles. The molecule has 3 heterocycles. The third kappa shape index (κ3) is 2.05. The minimum atomic E-state index is 0.455. The second kappa shape index (κ2) is 4.94. The smallest absolute Gasteiger partial charge is 0.263 e. The van der Waals surface area contributed by atoms with E-state index in [1.54, 1.807) is 6.26 Å². The van der Waals surface area contributed by atoms with E-state index in [0.29, 0.717) is 17.6 Å². The van der Waals surface area contributed by atoms with Crippen molar-refractivity contribution in [3.05, 3.63) is 35.7 Å². The fourth-order valence-corrected chi connectivity index (χ4v) is 3.16. The molecule has 3 aromatic rings. The summed E-state index contributed by atoms with van der Waals surface area (Å²) in [5.74, 6) is 2.45. The summed E-state index contributed by atoms with van der Waals surface area (Å²) in [6.45, 7) is 0.738. The maximum atomic E-state index is 5.53. The highest BCUT2D eigenvalue weighted by Crippen LogP contribution is 2.40. The minimum Gasteiger partial charge on any atom is -0.493 e. The van der Waals surface area contributed by atoms with Gasteiger partial charge < -0.3 is 13.8 Å². The van der Waals surface area contributed by atoms with Crippen LogP contribution >= 0.6 is 0 Å². The van der Waals surface area contributed by atoms with E-state index < -0.39 is 0 Å². The first-order valence-corrected chi connectivity index (χ1v) is 7.93. The fourth-order valence-electron chi connectivity index (χ4n) is 3.16. The predicted octanol–water partition coefficient (Wildman–Crippen LogP) is 3.59. The van der Waals surface area contributed by atoms with Gasteiger partial charge in [0.15, 0.2) is 0 Å². The van der Waals surface area contributed by atoms with Crippen molar-refractivity contribution in [1.82, 2.24) is 15.3 Å². The molecular weight excluding hydrogens is 294 g/mol. The lowest BCUT2D eigenvalue weighted by atomic mass is 9.81. The topological polar surface area (TPSA) is 74.2 Å². The van der Waals surface area contributed by atoms with E-state index in [1.165, 1.54) is 12.0 Å². The molecule has 0 radical (unpaired) electrons. The largest absolute Gasteiger partial charge is 0.493 e. The van der Waals surface area contributed by atoms with Crippen molar-refractivity contribution >= 4 is 0 Å². The van der Waals surface area contributed by atoms with Crippen molar-refractivity contribution in [3.8, 4) is 28.6 Å². The first-order valence-electron chi connectivity index (χ1n) is 7.93. The van der Waals surface area contributed by atoms with Gasteiger partial charge >= 0.3 is 0 Å². The van der Waals surface area contributed by atoms with E-state index in [-0.39, 0.29) is 0 Å². The highest BCUT2D eigenvalue weighted by Gasteiger charge is 2.28. The Morgan fingerprint density at radius 2 is 2.09 bits per heavy atom. The molecule has 0 saturated heterocycles. The van der Waals surface area contributed by atoms with Crippen LogP contribution in [0.2, 0.25) is 0 Å². The van der Waals surface area contributed by atoms with Gasteiger partial charge in [-0.25, -0.2) is 0 Å². The molecule has 5 rings (SSSR count). The first kappa shape index (κ1) is 12.9. The Balaban J connectivity index is 1.50. The molecule has 2 aromatic heterocycles. The van der Waals surface area contributed by atoms with E-state index in [1.807, 2.05) is 12.1 Å². The van der Waals surface area contributed by atoms with Crippen LogP contribution in [0.25, 0.3) is 22.8 Å². The normalized spacial score (nSPS) is 16.9. The molecule has 2 aliphatic rings. The number of fused-ring (bicyclic) bond motifs is 1. The van der Waals surface area contributed by atoms with Gasteiger partial charge in [0.2, 0.25) is 5.82 Å². The van der Waals surface area contributed by atoms with Crippen LogP contribution in [-0.2, 0) is 6.42 Å². The lowest BCUT2D eigenvalue weighted by Gasteiger charge is -2.23. The SMILES string of the molecule is c1cc2c(cc1-c1noc(-c3conc3C3CCC3)n1)CCO2. The number of hydrogen-bond donors (Lipinski definition) is 0. The van der Waals surface area contributed by atoms with Crippen molar-refractivity contribution < 1.29 is 13.8 Å². The zero-order chi connectivity index (χ0) is 15.2. The van der Waals surface area contributed by atoms with Gasteiger partial charge in [-0.05, 0) is 36.6 Å². The van der Waals surface area contributed by atoms with Crippen molar-refractivity contribution in [1.29, 1.82) is 0 Å². The van der Waals surface area contributed by atoms with Gasteiger partial charge in [0.1, 0.15) is 17.6 Å². The van der Waals surface area contributed by atoms with Crippen LogP contribution < -0.4 is 4.74 Å². The summed E-state index contributed by atoms with van der Waals surface area (Å²) in [6.07, 6.45) is 6.05. The highest BCUT2D eigenvalue weighted by molar-refractivity contribution is 5.63. The number of nitrogens with zero attached hydrogens (tertiary/aromatic N) is 3. The van der Waals surface area contributed by atoms with Gasteiger partial charge in [0, 0.05) is 17.9 Å². The van der Waals surface area contributed by atoms with Gasteiger partial charge in [-0.1, -0.05) is 16.7 Å². The van der Waals surface area contributed by atoms with Crippen molar-refractivity contribution in [2.45, 2.75) is 31.6 Å². The lowest BCUT2D eigenvalue weighted by Crippen LogP contribution is -2.10. The summed E-state index contributed by atoms with van der Waals surface area (Å²) in [4.78, 5) is 4.53. The zero-order valence-electron chi connectivity index (χ0n) is 12.5. The first-order chi connectivity index (χ1) is 11.4. The summed E-state index contributed by atoms with van der Waals surface area (Å²) in [7, 11) is 0. The van der Waals surface area contributed by atoms with Gasteiger partial charge in [0.25, 0.3) is 5.89 Å². The maximum Gasteiger partial charge on any atom is 0.263 e. The summed E-state index contributed by atoms with van der Waals surface area (Å²) in [6, 6.07) is 5.99. The summed E-state index contributed by atoms with van der Waals surface area (Å²) >= 11 is 0. The van der Waals surface area contributed by atoms with Crippen LogP contribution in [0.1, 0.15) is 36.4 Å². The highest BCUT2D eigenvalue weighted by atomic mass is 16.5. The molecule has 23 heavy (non-hydrogen) atoms. The van der Waals surface area contributed by atoms with E-state index >= 15 is 0 Å². The van der Waals surface area contributed by atoms with E-state index in [2.05, 4.69) is 21.4 Å². The monoisotopic (exact) mass is 309 g/mol. The van der Waals surface area contributed by atoms with Crippen molar-refractivity contribution in [2.75, 3.05) is 6.61 Å². The zero-order valence-corrected chi connectivity index (χ0v) is 12.5. The number of aromatic nitrogens is 3. The van der Waals surface area contributed by atoms with Crippen LogP contribution in [0, 0.1) is 0 Å². The number of hydrogen-bond acceptors (Lipinski definition) is 6. The second-order valence-corrected chi connectivity index (χ2v) is 6.09. The van der Waals surface area contributed by atoms with Crippen molar-refractivity contribution in [3.63, 3.8) is 0 Å². The Hall–Kier alpha value is -2.63. The molecular formula is C17H15N3O3. The Morgan fingerprint density at radius 1 is 1.13 bits per heavy atom. The van der Waals surface area contributed by atoms with Crippen LogP contribution in [0.3, 0.4) is 0 Å². The molecule has 0 amide bonds. The van der Waals surface area contributed by atoms with Gasteiger partial charge in [-0.2, -0.15) is 4.98 Å². The molecule has 6 heteroatoms. The van der Waals surface area contributed by atoms with Crippen LogP contribution in [-0.4, -0.2) is 21.9 Å². The molecule has 1 saturated carbocycles. The van der Waals surface area contributed by atoms with E-state index in [4.69, 9.17) is 13.8 Å². The van der Waals surface area contributed by atoms with Crippen LogP contribution in [0.4, 0.5) is 0 Å². The maximum absolute atomic E-state index is 5.53. The average molecular weight is 309 g/mol. The number of benzene rings is 1. The average Bonchev–Trinajstić information content (AvgIpc) is 3.24.